The second-order valence-corrected chi connectivity index (χ2v) is 5.25. The molecule has 0 spiro atoms. The Labute approximate surface area is 138 Å². The summed E-state index contributed by atoms with van der Waals surface area (Å²) in [6.07, 6.45) is 0.368. The second-order valence-electron chi connectivity index (χ2n) is 5.25. The first-order valence-corrected chi connectivity index (χ1v) is 7.46. The van der Waals surface area contributed by atoms with Crippen LogP contribution in [0.2, 0.25) is 0 Å². The summed E-state index contributed by atoms with van der Waals surface area (Å²) in [6, 6.07) is 6.50. The number of carbonyl (C=O) groups is 2. The second kappa shape index (κ2) is 7.63. The number of aromatic carboxylic acids is 1. The van der Waals surface area contributed by atoms with Gasteiger partial charge in [-0.05, 0) is 19.1 Å². The standard InChI is InChI=1S/C17H18FNO5/c1-3-14-13(17(21)22)8-15(24-14)16(20)19-10(2)9-23-12-6-4-5-11(18)7-12/h4-8,10H,3,9H2,1-2H3,(H,19,20)(H,21,22). The molecule has 0 radical (unpaired) electrons. The molecule has 1 heterocycles. The summed E-state index contributed by atoms with van der Waals surface area (Å²) in [5.74, 6) is -1.55. The Kier molecular flexibility index (Phi) is 5.57. The third-order valence-electron chi connectivity index (χ3n) is 3.26. The number of furan rings is 1. The van der Waals surface area contributed by atoms with Crippen LogP contribution in [0.15, 0.2) is 34.7 Å². The number of ether oxygens (including phenoxy) is 1. The minimum Gasteiger partial charge on any atom is -0.491 e. The first-order valence-electron chi connectivity index (χ1n) is 7.46. The van der Waals surface area contributed by atoms with Crippen molar-refractivity contribution in [2.24, 2.45) is 0 Å². The maximum atomic E-state index is 13.1. The van der Waals surface area contributed by atoms with E-state index in [1.807, 2.05) is 0 Å². The Morgan fingerprint density at radius 2 is 2.12 bits per heavy atom. The van der Waals surface area contributed by atoms with Crippen LogP contribution in [0.5, 0.6) is 5.75 Å². The molecule has 1 aromatic carbocycles. The van der Waals surface area contributed by atoms with Gasteiger partial charge in [-0.1, -0.05) is 13.0 Å². The van der Waals surface area contributed by atoms with Crippen molar-refractivity contribution in [3.05, 3.63) is 53.2 Å². The molecule has 0 aliphatic carbocycles. The highest BCUT2D eigenvalue weighted by atomic mass is 19.1. The molecule has 7 heteroatoms. The van der Waals surface area contributed by atoms with Crippen molar-refractivity contribution in [1.29, 1.82) is 0 Å². The fourth-order valence-electron chi connectivity index (χ4n) is 2.10. The summed E-state index contributed by atoms with van der Waals surface area (Å²) in [5, 5.41) is 11.7. The summed E-state index contributed by atoms with van der Waals surface area (Å²) in [7, 11) is 0. The number of halogens is 1. The highest BCUT2D eigenvalue weighted by Crippen LogP contribution is 2.17. The van der Waals surface area contributed by atoms with E-state index in [4.69, 9.17) is 14.3 Å². The van der Waals surface area contributed by atoms with Gasteiger partial charge in [-0.3, -0.25) is 4.79 Å². The minimum atomic E-state index is -1.14. The van der Waals surface area contributed by atoms with Crippen LogP contribution in [-0.4, -0.2) is 29.6 Å². The molecular formula is C17H18FNO5. The molecule has 1 unspecified atom stereocenters. The van der Waals surface area contributed by atoms with E-state index in [0.717, 1.165) is 0 Å². The Bertz CT molecular complexity index is 740. The van der Waals surface area contributed by atoms with E-state index < -0.39 is 17.7 Å². The number of carboxylic acids is 1. The maximum absolute atomic E-state index is 13.1. The molecule has 0 aliphatic rings. The van der Waals surface area contributed by atoms with Crippen LogP contribution >= 0.6 is 0 Å². The minimum absolute atomic E-state index is 0.0219. The lowest BCUT2D eigenvalue weighted by molar-refractivity contribution is 0.0694. The quantitative estimate of drug-likeness (QED) is 0.812. The van der Waals surface area contributed by atoms with Crippen molar-refractivity contribution >= 4 is 11.9 Å². The van der Waals surface area contributed by atoms with Crippen molar-refractivity contribution < 1.29 is 28.2 Å². The predicted molar refractivity (Wildman–Crippen MR) is 83.9 cm³/mol. The first kappa shape index (κ1) is 17.5. The van der Waals surface area contributed by atoms with Crippen LogP contribution in [0.1, 0.15) is 40.5 Å². The zero-order valence-corrected chi connectivity index (χ0v) is 13.3. The van der Waals surface area contributed by atoms with Gasteiger partial charge >= 0.3 is 5.97 Å². The average molecular weight is 335 g/mol. The average Bonchev–Trinajstić information content (AvgIpc) is 2.98. The van der Waals surface area contributed by atoms with Crippen LogP contribution in [-0.2, 0) is 6.42 Å². The molecule has 1 aromatic heterocycles. The van der Waals surface area contributed by atoms with Crippen LogP contribution in [0, 0.1) is 5.82 Å². The Balaban J connectivity index is 1.95. The number of amides is 1. The molecule has 2 N–H and O–H groups in total. The van der Waals surface area contributed by atoms with Crippen LogP contribution < -0.4 is 10.1 Å². The van der Waals surface area contributed by atoms with Crippen molar-refractivity contribution in [2.45, 2.75) is 26.3 Å². The van der Waals surface area contributed by atoms with E-state index in [2.05, 4.69) is 5.32 Å². The van der Waals surface area contributed by atoms with Crippen molar-refractivity contribution in [1.82, 2.24) is 5.32 Å². The Hall–Kier alpha value is -2.83. The van der Waals surface area contributed by atoms with Gasteiger partial charge in [0.2, 0.25) is 0 Å². The smallest absolute Gasteiger partial charge is 0.339 e. The monoisotopic (exact) mass is 335 g/mol. The van der Waals surface area contributed by atoms with Crippen molar-refractivity contribution in [2.75, 3.05) is 6.61 Å². The number of hydrogen-bond donors (Lipinski definition) is 2. The number of nitrogens with one attached hydrogen (secondary N) is 1. The van der Waals surface area contributed by atoms with Gasteiger partial charge in [0.1, 0.15) is 29.5 Å². The molecule has 0 aliphatic heterocycles. The third kappa shape index (κ3) is 4.34. The molecule has 0 bridgehead atoms. The lowest BCUT2D eigenvalue weighted by Crippen LogP contribution is -2.36. The van der Waals surface area contributed by atoms with E-state index in [1.165, 1.54) is 24.3 Å². The van der Waals surface area contributed by atoms with Gasteiger partial charge in [-0.25, -0.2) is 9.18 Å². The Morgan fingerprint density at radius 3 is 2.71 bits per heavy atom. The van der Waals surface area contributed by atoms with E-state index in [9.17, 15) is 14.0 Å². The number of hydrogen-bond acceptors (Lipinski definition) is 4. The van der Waals surface area contributed by atoms with E-state index in [1.54, 1.807) is 19.9 Å². The third-order valence-corrected chi connectivity index (χ3v) is 3.26. The van der Waals surface area contributed by atoms with Gasteiger partial charge in [0.15, 0.2) is 5.76 Å². The number of rotatable bonds is 7. The normalized spacial score (nSPS) is 11.8. The molecule has 2 aromatic rings. The first-order chi connectivity index (χ1) is 11.4. The summed E-state index contributed by atoms with van der Waals surface area (Å²) < 4.78 is 23.7. The van der Waals surface area contributed by atoms with Gasteiger partial charge < -0.3 is 19.6 Å². The van der Waals surface area contributed by atoms with Crippen LogP contribution in [0.25, 0.3) is 0 Å². The fourth-order valence-corrected chi connectivity index (χ4v) is 2.10. The summed E-state index contributed by atoms with van der Waals surface area (Å²) in [4.78, 5) is 23.2. The highest BCUT2D eigenvalue weighted by Gasteiger charge is 2.21. The van der Waals surface area contributed by atoms with E-state index >= 15 is 0 Å². The van der Waals surface area contributed by atoms with Gasteiger partial charge in [0, 0.05) is 18.6 Å². The topological polar surface area (TPSA) is 88.8 Å². The lowest BCUT2D eigenvalue weighted by atomic mass is 10.2. The lowest BCUT2D eigenvalue weighted by Gasteiger charge is -2.14. The number of carboxylic acid groups (broad SMARTS) is 1. The van der Waals surface area contributed by atoms with Gasteiger partial charge in [-0.15, -0.1) is 0 Å². The van der Waals surface area contributed by atoms with Crippen molar-refractivity contribution in [3.63, 3.8) is 0 Å². The zero-order chi connectivity index (χ0) is 17.7. The van der Waals surface area contributed by atoms with Crippen LogP contribution in [0.3, 0.4) is 0 Å². The van der Waals surface area contributed by atoms with Crippen molar-refractivity contribution in [3.8, 4) is 5.75 Å². The highest BCUT2D eigenvalue weighted by molar-refractivity contribution is 5.96. The van der Waals surface area contributed by atoms with Gasteiger partial charge in [-0.2, -0.15) is 0 Å². The number of carbonyl (C=O) groups excluding carboxylic acids is 1. The fraction of sp³-hybridized carbons (Fsp3) is 0.294. The molecule has 6 nitrogen and oxygen atoms in total. The molecular weight excluding hydrogens is 317 g/mol. The Morgan fingerprint density at radius 1 is 1.38 bits per heavy atom. The largest absolute Gasteiger partial charge is 0.491 e. The predicted octanol–water partition coefficient (Wildman–Crippen LogP) is 2.88. The molecule has 0 saturated carbocycles. The van der Waals surface area contributed by atoms with E-state index in [0.29, 0.717) is 12.2 Å². The molecule has 0 saturated heterocycles. The maximum Gasteiger partial charge on any atom is 0.339 e. The summed E-state index contributed by atoms with van der Waals surface area (Å²) >= 11 is 0. The zero-order valence-electron chi connectivity index (χ0n) is 13.3. The summed E-state index contributed by atoms with van der Waals surface area (Å²) in [5.41, 5.74) is -0.0219. The SMILES string of the molecule is CCc1oc(C(=O)NC(C)COc2cccc(F)c2)cc1C(=O)O. The van der Waals surface area contributed by atoms with Gasteiger partial charge in [0.05, 0.1) is 6.04 Å². The van der Waals surface area contributed by atoms with Crippen LogP contribution in [0.4, 0.5) is 4.39 Å². The number of benzene rings is 1. The molecule has 128 valence electrons. The molecule has 24 heavy (non-hydrogen) atoms. The molecule has 1 atom stereocenters. The van der Waals surface area contributed by atoms with E-state index in [-0.39, 0.29) is 29.7 Å². The van der Waals surface area contributed by atoms with Gasteiger partial charge in [0.25, 0.3) is 5.91 Å². The molecule has 0 fully saturated rings. The molecule has 1 amide bonds. The summed E-state index contributed by atoms with van der Waals surface area (Å²) in [6.45, 7) is 3.57. The number of aryl methyl sites for hydroxylation is 1. The molecule has 2 rings (SSSR count).